The molecule has 0 bridgehead atoms. The molecule has 118 valence electrons. The molecule has 4 nitrogen and oxygen atoms in total. The fourth-order valence-corrected chi connectivity index (χ4v) is 4.26. The highest BCUT2D eigenvalue weighted by Crippen LogP contribution is 2.29. The first-order valence-corrected chi connectivity index (χ1v) is 9.04. The molecule has 0 aliphatic heterocycles. The lowest BCUT2D eigenvalue weighted by molar-refractivity contribution is 0.492. The molecular weight excluding hydrogens is 352 g/mol. The summed E-state index contributed by atoms with van der Waals surface area (Å²) in [5, 5.41) is 3.21. The number of nitrogens with one attached hydrogen (secondary N) is 1. The molecule has 1 rings (SSSR count). The number of halogens is 1. The molecule has 1 N–H and O–H groups in total. The average Bonchev–Trinajstić information content (AvgIpc) is 2.38. The van der Waals surface area contributed by atoms with Crippen molar-refractivity contribution in [1.82, 2.24) is 9.62 Å². The van der Waals surface area contributed by atoms with Crippen LogP contribution in [-0.2, 0) is 16.6 Å². The van der Waals surface area contributed by atoms with Gasteiger partial charge in [0.15, 0.2) is 0 Å². The van der Waals surface area contributed by atoms with Crippen LogP contribution in [0.5, 0.6) is 0 Å². The van der Waals surface area contributed by atoms with E-state index in [1.165, 1.54) is 4.31 Å². The molecule has 0 heterocycles. The van der Waals surface area contributed by atoms with Crippen molar-refractivity contribution in [3.05, 3.63) is 39.9 Å². The topological polar surface area (TPSA) is 49.4 Å². The van der Waals surface area contributed by atoms with Crippen LogP contribution >= 0.6 is 15.9 Å². The smallest absolute Gasteiger partial charge is 0.244 e. The van der Waals surface area contributed by atoms with Crippen molar-refractivity contribution < 1.29 is 8.42 Å². The molecule has 21 heavy (non-hydrogen) atoms. The first kappa shape index (κ1) is 18.4. The van der Waals surface area contributed by atoms with E-state index in [-0.39, 0.29) is 0 Å². The lowest BCUT2D eigenvalue weighted by Crippen LogP contribution is -2.29. The van der Waals surface area contributed by atoms with Gasteiger partial charge in [0, 0.05) is 24.6 Å². The molecular formula is C15H23BrN2O2S. The Labute approximate surface area is 136 Å². The van der Waals surface area contributed by atoms with E-state index in [2.05, 4.69) is 27.8 Å². The van der Waals surface area contributed by atoms with Gasteiger partial charge in [0.2, 0.25) is 10.0 Å². The molecule has 0 aliphatic carbocycles. The quantitative estimate of drug-likeness (QED) is 0.746. The average molecular weight is 375 g/mol. The number of sulfonamides is 1. The maximum absolute atomic E-state index is 12.7. The molecule has 0 amide bonds. The highest BCUT2D eigenvalue weighted by atomic mass is 79.9. The molecule has 1 aromatic rings. The second-order valence-electron chi connectivity index (χ2n) is 5.22. The van der Waals surface area contributed by atoms with Crippen molar-refractivity contribution in [2.24, 2.45) is 0 Å². The van der Waals surface area contributed by atoms with Gasteiger partial charge in [0.05, 0.1) is 4.90 Å². The highest BCUT2D eigenvalue weighted by Gasteiger charge is 2.24. The number of hydrogen-bond donors (Lipinski definition) is 1. The summed E-state index contributed by atoms with van der Waals surface area (Å²) < 4.78 is 27.3. The summed E-state index contributed by atoms with van der Waals surface area (Å²) in [6.07, 6.45) is 0. The Hall–Kier alpha value is -0.690. The van der Waals surface area contributed by atoms with E-state index in [9.17, 15) is 8.42 Å². The van der Waals surface area contributed by atoms with Crippen molar-refractivity contribution in [1.29, 1.82) is 0 Å². The third-order valence-electron chi connectivity index (χ3n) is 3.04. The van der Waals surface area contributed by atoms with Gasteiger partial charge in [-0.2, -0.15) is 4.31 Å². The number of aryl methyl sites for hydroxylation is 1. The zero-order valence-electron chi connectivity index (χ0n) is 13.0. The van der Waals surface area contributed by atoms with E-state index in [0.29, 0.717) is 22.5 Å². The summed E-state index contributed by atoms with van der Waals surface area (Å²) in [6.45, 7) is 11.3. The standard InChI is InChI=1S/C15H23BrN2O2S/c1-6-17-9-13-7-12(4)15(16)14(8-13)21(19,20)18(5)10-11(2)3/h7-8,17H,2,6,9-10H2,1,3-5H3. The third kappa shape index (κ3) is 4.64. The minimum Gasteiger partial charge on any atom is -0.313 e. The second-order valence-corrected chi connectivity index (χ2v) is 8.03. The summed E-state index contributed by atoms with van der Waals surface area (Å²) >= 11 is 3.40. The van der Waals surface area contributed by atoms with Gasteiger partial charge in [-0.15, -0.1) is 0 Å². The predicted molar refractivity (Wildman–Crippen MR) is 90.9 cm³/mol. The Morgan fingerprint density at radius 3 is 2.57 bits per heavy atom. The summed E-state index contributed by atoms with van der Waals surface area (Å²) in [5.41, 5.74) is 2.67. The molecule has 0 spiro atoms. The van der Waals surface area contributed by atoms with Crippen molar-refractivity contribution >= 4 is 26.0 Å². The molecule has 0 atom stereocenters. The molecule has 0 saturated heterocycles. The van der Waals surface area contributed by atoms with Crippen LogP contribution in [0.3, 0.4) is 0 Å². The van der Waals surface area contributed by atoms with Gasteiger partial charge in [-0.3, -0.25) is 0 Å². The molecule has 0 radical (unpaired) electrons. The van der Waals surface area contributed by atoms with Crippen LogP contribution in [0.25, 0.3) is 0 Å². The van der Waals surface area contributed by atoms with Gasteiger partial charge in [0.1, 0.15) is 0 Å². The number of benzene rings is 1. The first-order valence-electron chi connectivity index (χ1n) is 6.80. The summed E-state index contributed by atoms with van der Waals surface area (Å²) in [4.78, 5) is 0.305. The molecule has 0 aliphatic rings. The Bertz CT molecular complexity index is 627. The van der Waals surface area contributed by atoms with Crippen molar-refractivity contribution in [3.63, 3.8) is 0 Å². The molecule has 1 aromatic carbocycles. The molecule has 0 unspecified atom stereocenters. The molecule has 0 fully saturated rings. The molecule has 0 saturated carbocycles. The third-order valence-corrected chi connectivity index (χ3v) is 6.18. The Kier molecular flexibility index (Phi) is 6.59. The summed E-state index contributed by atoms with van der Waals surface area (Å²) in [7, 11) is -1.96. The zero-order valence-corrected chi connectivity index (χ0v) is 15.4. The molecule has 0 aromatic heterocycles. The number of nitrogens with zero attached hydrogens (tertiary/aromatic N) is 1. The van der Waals surface area contributed by atoms with E-state index in [1.54, 1.807) is 13.1 Å². The van der Waals surface area contributed by atoms with Gasteiger partial charge in [-0.1, -0.05) is 25.1 Å². The van der Waals surface area contributed by atoms with Crippen LogP contribution in [0.15, 0.2) is 33.7 Å². The second kappa shape index (κ2) is 7.54. The van der Waals surface area contributed by atoms with Crippen molar-refractivity contribution in [2.75, 3.05) is 20.1 Å². The van der Waals surface area contributed by atoms with Crippen LogP contribution in [0.1, 0.15) is 25.0 Å². The first-order chi connectivity index (χ1) is 9.70. The van der Waals surface area contributed by atoms with Crippen LogP contribution in [0, 0.1) is 6.92 Å². The van der Waals surface area contributed by atoms with Crippen LogP contribution in [0.2, 0.25) is 0 Å². The monoisotopic (exact) mass is 374 g/mol. The van der Waals surface area contributed by atoms with Crippen LogP contribution in [-0.4, -0.2) is 32.9 Å². The van der Waals surface area contributed by atoms with Crippen molar-refractivity contribution in [3.8, 4) is 0 Å². The van der Waals surface area contributed by atoms with Gasteiger partial charge in [0.25, 0.3) is 0 Å². The van der Waals surface area contributed by atoms with E-state index in [0.717, 1.165) is 23.2 Å². The number of hydrogen-bond acceptors (Lipinski definition) is 3. The lowest BCUT2D eigenvalue weighted by atomic mass is 10.1. The summed E-state index contributed by atoms with van der Waals surface area (Å²) in [6, 6.07) is 3.72. The van der Waals surface area contributed by atoms with Gasteiger partial charge in [-0.25, -0.2) is 8.42 Å². The van der Waals surface area contributed by atoms with Crippen LogP contribution in [0.4, 0.5) is 0 Å². The van der Waals surface area contributed by atoms with E-state index in [4.69, 9.17) is 0 Å². The van der Waals surface area contributed by atoms with Gasteiger partial charge >= 0.3 is 0 Å². The van der Waals surface area contributed by atoms with E-state index < -0.39 is 10.0 Å². The molecule has 6 heteroatoms. The Balaban J connectivity index is 3.27. The Morgan fingerprint density at radius 1 is 1.43 bits per heavy atom. The van der Waals surface area contributed by atoms with Crippen LogP contribution < -0.4 is 5.32 Å². The summed E-state index contributed by atoms with van der Waals surface area (Å²) in [5.74, 6) is 0. The Morgan fingerprint density at radius 2 is 2.05 bits per heavy atom. The SMILES string of the molecule is C=C(C)CN(C)S(=O)(=O)c1cc(CNCC)cc(C)c1Br. The van der Waals surface area contributed by atoms with Gasteiger partial charge in [-0.05, 0) is 53.5 Å². The maximum Gasteiger partial charge on any atom is 0.244 e. The minimum absolute atomic E-state index is 0.305. The van der Waals surface area contributed by atoms with Gasteiger partial charge < -0.3 is 5.32 Å². The van der Waals surface area contributed by atoms with Crippen molar-refractivity contribution in [2.45, 2.75) is 32.2 Å². The largest absolute Gasteiger partial charge is 0.313 e. The fraction of sp³-hybridized carbons (Fsp3) is 0.467. The minimum atomic E-state index is -3.54. The normalized spacial score (nSPS) is 11.9. The lowest BCUT2D eigenvalue weighted by Gasteiger charge is -2.19. The number of likely N-dealkylation sites (N-methyl/N-ethyl adjacent to an activating group) is 1. The fourth-order valence-electron chi connectivity index (χ4n) is 2.00. The zero-order chi connectivity index (χ0) is 16.2. The maximum atomic E-state index is 12.7. The predicted octanol–water partition coefficient (Wildman–Crippen LogP) is 3.06. The highest BCUT2D eigenvalue weighted by molar-refractivity contribution is 9.10. The number of rotatable bonds is 7. The van der Waals surface area contributed by atoms with E-state index >= 15 is 0 Å². The van der Waals surface area contributed by atoms with E-state index in [1.807, 2.05) is 26.8 Å².